The first-order chi connectivity index (χ1) is 11.8. The van der Waals surface area contributed by atoms with E-state index in [-0.39, 0.29) is 17.0 Å². The number of hydrogen-bond acceptors (Lipinski definition) is 5. The molecular formula is C19H19NO5. The van der Waals surface area contributed by atoms with Crippen LogP contribution < -0.4 is 0 Å². The van der Waals surface area contributed by atoms with Crippen molar-refractivity contribution in [3.8, 4) is 0 Å². The number of benzene rings is 1. The van der Waals surface area contributed by atoms with Crippen LogP contribution in [0.1, 0.15) is 66.7 Å². The van der Waals surface area contributed by atoms with E-state index in [2.05, 4.69) is 4.98 Å². The zero-order valence-electron chi connectivity index (χ0n) is 14.5. The standard InChI is InChI=1S/C19H19NO5/c1-10-16(12(3)22)11(2)20-17(10)18(23)13(4)25-19(24)15-7-5-14(9-21)6-8-15/h5-9,13,20H,1-4H3/t13-/m1/s1. The van der Waals surface area contributed by atoms with Gasteiger partial charge in [0.15, 0.2) is 11.9 Å². The van der Waals surface area contributed by atoms with Gasteiger partial charge in [0.1, 0.15) is 6.29 Å². The monoisotopic (exact) mass is 341 g/mol. The predicted molar refractivity (Wildman–Crippen MR) is 91.3 cm³/mol. The molecule has 0 amide bonds. The third-order valence-electron chi connectivity index (χ3n) is 3.97. The number of ether oxygens (including phenoxy) is 1. The highest BCUT2D eigenvalue weighted by molar-refractivity contribution is 6.05. The van der Waals surface area contributed by atoms with Crippen molar-refractivity contribution >= 4 is 23.8 Å². The van der Waals surface area contributed by atoms with Crippen molar-refractivity contribution in [2.24, 2.45) is 0 Å². The number of aromatic nitrogens is 1. The molecule has 0 fully saturated rings. The highest BCUT2D eigenvalue weighted by Crippen LogP contribution is 2.20. The number of nitrogens with one attached hydrogen (secondary N) is 1. The van der Waals surface area contributed by atoms with Gasteiger partial charge < -0.3 is 9.72 Å². The lowest BCUT2D eigenvalue weighted by Gasteiger charge is -2.12. The van der Waals surface area contributed by atoms with Crippen molar-refractivity contribution in [3.05, 3.63) is 57.9 Å². The van der Waals surface area contributed by atoms with Crippen LogP contribution in [0.3, 0.4) is 0 Å². The van der Waals surface area contributed by atoms with Crippen LogP contribution in [0, 0.1) is 13.8 Å². The summed E-state index contributed by atoms with van der Waals surface area (Å²) in [5.41, 5.74) is 2.58. The Morgan fingerprint density at radius 1 is 1.12 bits per heavy atom. The number of carbonyl (C=O) groups excluding carboxylic acids is 4. The van der Waals surface area contributed by atoms with Crippen LogP contribution in [0.5, 0.6) is 0 Å². The molecule has 130 valence electrons. The summed E-state index contributed by atoms with van der Waals surface area (Å²) in [5, 5.41) is 0. The molecule has 1 heterocycles. The highest BCUT2D eigenvalue weighted by Gasteiger charge is 2.26. The average Bonchev–Trinajstić information content (AvgIpc) is 2.88. The quantitative estimate of drug-likeness (QED) is 0.495. The second-order valence-corrected chi connectivity index (χ2v) is 5.83. The SMILES string of the molecule is CC(=O)c1c(C)[nH]c(C(=O)[C@@H](C)OC(=O)c2ccc(C=O)cc2)c1C. The molecule has 6 heteroatoms. The van der Waals surface area contributed by atoms with Gasteiger partial charge in [0.05, 0.1) is 11.3 Å². The van der Waals surface area contributed by atoms with Gasteiger partial charge in [0, 0.05) is 16.8 Å². The van der Waals surface area contributed by atoms with Crippen LogP contribution in [-0.4, -0.2) is 34.9 Å². The van der Waals surface area contributed by atoms with Crippen LogP contribution in [0.2, 0.25) is 0 Å². The van der Waals surface area contributed by atoms with E-state index in [1.165, 1.54) is 38.1 Å². The maximum absolute atomic E-state index is 12.6. The summed E-state index contributed by atoms with van der Waals surface area (Å²) in [6.45, 7) is 6.30. The minimum atomic E-state index is -1.02. The summed E-state index contributed by atoms with van der Waals surface area (Å²) < 4.78 is 5.21. The fourth-order valence-corrected chi connectivity index (χ4v) is 2.71. The van der Waals surface area contributed by atoms with Crippen LogP contribution in [0.15, 0.2) is 24.3 Å². The van der Waals surface area contributed by atoms with E-state index in [1.54, 1.807) is 13.8 Å². The number of carbonyl (C=O) groups is 4. The lowest BCUT2D eigenvalue weighted by atomic mass is 10.0. The molecule has 0 saturated heterocycles. The Bertz CT molecular complexity index is 845. The van der Waals surface area contributed by atoms with E-state index in [0.717, 1.165) is 0 Å². The number of hydrogen-bond donors (Lipinski definition) is 1. The summed E-state index contributed by atoms with van der Waals surface area (Å²) in [6, 6.07) is 5.91. The van der Waals surface area contributed by atoms with Crippen molar-refractivity contribution in [1.29, 1.82) is 0 Å². The van der Waals surface area contributed by atoms with Gasteiger partial charge in [0.25, 0.3) is 0 Å². The Balaban J connectivity index is 2.17. The number of H-pyrrole nitrogens is 1. The fourth-order valence-electron chi connectivity index (χ4n) is 2.71. The van der Waals surface area contributed by atoms with E-state index >= 15 is 0 Å². The van der Waals surface area contributed by atoms with Gasteiger partial charge in [-0.25, -0.2) is 4.79 Å². The molecule has 0 unspecified atom stereocenters. The molecule has 0 saturated carbocycles. The van der Waals surface area contributed by atoms with Crippen molar-refractivity contribution in [3.63, 3.8) is 0 Å². The minimum absolute atomic E-state index is 0.134. The second kappa shape index (κ2) is 7.25. The lowest BCUT2D eigenvalue weighted by Crippen LogP contribution is -2.25. The van der Waals surface area contributed by atoms with Crippen LogP contribution in [0.4, 0.5) is 0 Å². The average molecular weight is 341 g/mol. The van der Waals surface area contributed by atoms with E-state index in [1.807, 2.05) is 0 Å². The number of ketones is 2. The topological polar surface area (TPSA) is 93.3 Å². The fraction of sp³-hybridized carbons (Fsp3) is 0.263. The molecule has 0 radical (unpaired) electrons. The summed E-state index contributed by atoms with van der Waals surface area (Å²) in [6.07, 6.45) is -0.348. The van der Waals surface area contributed by atoms with Gasteiger partial charge in [0.2, 0.25) is 5.78 Å². The summed E-state index contributed by atoms with van der Waals surface area (Å²) in [5.74, 6) is -1.21. The molecule has 25 heavy (non-hydrogen) atoms. The molecule has 0 aliphatic heterocycles. The van der Waals surface area contributed by atoms with Gasteiger partial charge >= 0.3 is 5.97 Å². The Labute approximate surface area is 145 Å². The molecule has 0 bridgehead atoms. The summed E-state index contributed by atoms with van der Waals surface area (Å²) in [4.78, 5) is 49.9. The van der Waals surface area contributed by atoms with Gasteiger partial charge in [-0.3, -0.25) is 14.4 Å². The molecule has 1 atom stereocenters. The molecular weight excluding hydrogens is 322 g/mol. The number of aryl methyl sites for hydroxylation is 1. The van der Waals surface area contributed by atoms with E-state index in [4.69, 9.17) is 4.74 Å². The van der Waals surface area contributed by atoms with Crippen molar-refractivity contribution in [2.75, 3.05) is 0 Å². The first-order valence-electron chi connectivity index (χ1n) is 7.76. The first kappa shape index (κ1) is 18.3. The van der Waals surface area contributed by atoms with Crippen LogP contribution >= 0.6 is 0 Å². The zero-order valence-corrected chi connectivity index (χ0v) is 14.5. The predicted octanol–water partition coefficient (Wildman–Crippen LogP) is 3.07. The normalized spacial score (nSPS) is 11.7. The Morgan fingerprint density at radius 2 is 1.72 bits per heavy atom. The van der Waals surface area contributed by atoms with Gasteiger partial charge in [-0.15, -0.1) is 0 Å². The summed E-state index contributed by atoms with van der Waals surface area (Å²) >= 11 is 0. The van der Waals surface area contributed by atoms with Crippen molar-refractivity contribution in [2.45, 2.75) is 33.8 Å². The zero-order chi connectivity index (χ0) is 18.7. The molecule has 6 nitrogen and oxygen atoms in total. The lowest BCUT2D eigenvalue weighted by molar-refractivity contribution is 0.0317. The third kappa shape index (κ3) is 3.74. The second-order valence-electron chi connectivity index (χ2n) is 5.83. The Kier molecular flexibility index (Phi) is 5.32. The van der Waals surface area contributed by atoms with E-state index in [9.17, 15) is 19.2 Å². The molecule has 0 aliphatic rings. The Hall–Kier alpha value is -3.02. The molecule has 1 N–H and O–H groups in total. The minimum Gasteiger partial charge on any atom is -0.451 e. The number of esters is 1. The molecule has 0 aliphatic carbocycles. The molecule has 2 aromatic rings. The van der Waals surface area contributed by atoms with Gasteiger partial charge in [-0.2, -0.15) is 0 Å². The number of aldehydes is 1. The number of Topliss-reactive ketones (excluding diaryl/α,β-unsaturated/α-hetero) is 2. The maximum Gasteiger partial charge on any atom is 0.338 e. The van der Waals surface area contributed by atoms with E-state index < -0.39 is 17.9 Å². The van der Waals surface area contributed by atoms with Gasteiger partial charge in [-0.1, -0.05) is 12.1 Å². The number of aromatic amines is 1. The van der Waals surface area contributed by atoms with Crippen molar-refractivity contribution < 1.29 is 23.9 Å². The van der Waals surface area contributed by atoms with Crippen LogP contribution in [0.25, 0.3) is 0 Å². The first-order valence-corrected chi connectivity index (χ1v) is 7.76. The third-order valence-corrected chi connectivity index (χ3v) is 3.97. The molecule has 1 aromatic heterocycles. The van der Waals surface area contributed by atoms with Gasteiger partial charge in [-0.05, 0) is 45.4 Å². The van der Waals surface area contributed by atoms with Crippen LogP contribution in [-0.2, 0) is 4.74 Å². The molecule has 2 rings (SSSR count). The molecule has 0 spiro atoms. The largest absolute Gasteiger partial charge is 0.451 e. The van der Waals surface area contributed by atoms with E-state index in [0.29, 0.717) is 28.7 Å². The smallest absolute Gasteiger partial charge is 0.338 e. The van der Waals surface area contributed by atoms with Crippen molar-refractivity contribution in [1.82, 2.24) is 4.98 Å². The number of rotatable bonds is 6. The summed E-state index contributed by atoms with van der Waals surface area (Å²) in [7, 11) is 0. The maximum atomic E-state index is 12.6. The highest BCUT2D eigenvalue weighted by atomic mass is 16.5. The Morgan fingerprint density at radius 3 is 2.20 bits per heavy atom. The molecule has 1 aromatic carbocycles.